The quantitative estimate of drug-likeness (QED) is 0.851. The number of amides is 1. The van der Waals surface area contributed by atoms with Gasteiger partial charge in [0.1, 0.15) is 5.15 Å². The summed E-state index contributed by atoms with van der Waals surface area (Å²) in [6, 6.07) is 3.45. The first-order chi connectivity index (χ1) is 10.1. The van der Waals surface area contributed by atoms with Crippen LogP contribution in [-0.4, -0.2) is 42.0 Å². The maximum atomic E-state index is 12.2. The number of hydrogen-bond acceptors (Lipinski definition) is 3. The molecule has 1 aromatic rings. The van der Waals surface area contributed by atoms with Gasteiger partial charge in [-0.3, -0.25) is 4.79 Å². The largest absolute Gasteiger partial charge is 0.352 e. The highest BCUT2D eigenvalue weighted by molar-refractivity contribution is 6.29. The van der Waals surface area contributed by atoms with Gasteiger partial charge in [-0.15, -0.1) is 0 Å². The summed E-state index contributed by atoms with van der Waals surface area (Å²) in [6.07, 6.45) is 3.09. The van der Waals surface area contributed by atoms with E-state index >= 15 is 0 Å². The molecule has 2 rings (SSSR count). The van der Waals surface area contributed by atoms with Gasteiger partial charge in [0.25, 0.3) is 5.91 Å². The van der Waals surface area contributed by atoms with Crippen LogP contribution in [-0.2, 0) is 6.42 Å². The number of carbonyl (C=O) groups excluding carboxylic acids is 1. The molecule has 1 amide bonds. The van der Waals surface area contributed by atoms with Crippen LogP contribution in [0.5, 0.6) is 0 Å². The highest BCUT2D eigenvalue weighted by Gasteiger charge is 2.19. The predicted octanol–water partition coefficient (Wildman–Crippen LogP) is 2.76. The summed E-state index contributed by atoms with van der Waals surface area (Å²) >= 11 is 5.96. The highest BCUT2D eigenvalue weighted by Crippen LogP contribution is 2.16. The standard InChI is InChI=1S/C16H24ClN3O/c1-3-14-9-13(10-15(17)19-14)16(21)18-11-12-5-7-20(4-2)8-6-12/h9-10,12H,3-8,11H2,1-2H3,(H,18,21). The molecule has 0 unspecified atom stereocenters. The Kier molecular flexibility index (Phi) is 6.00. The molecule has 0 aromatic carbocycles. The maximum Gasteiger partial charge on any atom is 0.251 e. The summed E-state index contributed by atoms with van der Waals surface area (Å²) in [5, 5.41) is 3.42. The fourth-order valence-corrected chi connectivity index (χ4v) is 2.94. The minimum Gasteiger partial charge on any atom is -0.352 e. The van der Waals surface area contributed by atoms with Gasteiger partial charge in [-0.1, -0.05) is 25.4 Å². The number of hydrogen-bond donors (Lipinski definition) is 1. The maximum absolute atomic E-state index is 12.2. The molecule has 1 aliphatic heterocycles. The number of piperidine rings is 1. The van der Waals surface area contributed by atoms with Crippen LogP contribution < -0.4 is 5.32 Å². The van der Waals surface area contributed by atoms with Gasteiger partial charge < -0.3 is 10.2 Å². The van der Waals surface area contributed by atoms with E-state index in [0.29, 0.717) is 16.6 Å². The lowest BCUT2D eigenvalue weighted by atomic mass is 9.97. The predicted molar refractivity (Wildman–Crippen MR) is 85.8 cm³/mol. The Morgan fingerprint density at radius 1 is 1.38 bits per heavy atom. The average Bonchev–Trinajstić information content (AvgIpc) is 2.52. The van der Waals surface area contributed by atoms with Crippen LogP contribution in [0.4, 0.5) is 0 Å². The van der Waals surface area contributed by atoms with Crippen molar-refractivity contribution in [2.24, 2.45) is 5.92 Å². The van der Waals surface area contributed by atoms with Crippen LogP contribution in [0.15, 0.2) is 12.1 Å². The Bertz CT molecular complexity index is 484. The van der Waals surface area contributed by atoms with Crippen molar-refractivity contribution in [3.63, 3.8) is 0 Å². The van der Waals surface area contributed by atoms with Crippen molar-refractivity contribution in [1.29, 1.82) is 0 Å². The van der Waals surface area contributed by atoms with Crippen molar-refractivity contribution in [2.75, 3.05) is 26.2 Å². The van der Waals surface area contributed by atoms with E-state index in [1.54, 1.807) is 6.07 Å². The van der Waals surface area contributed by atoms with E-state index in [9.17, 15) is 4.79 Å². The summed E-state index contributed by atoms with van der Waals surface area (Å²) in [6.45, 7) is 8.34. The molecular weight excluding hydrogens is 286 g/mol. The molecule has 0 saturated carbocycles. The van der Waals surface area contributed by atoms with Crippen LogP contribution >= 0.6 is 11.6 Å². The Hall–Kier alpha value is -1.13. The number of nitrogens with zero attached hydrogens (tertiary/aromatic N) is 2. The van der Waals surface area contributed by atoms with E-state index in [4.69, 9.17) is 11.6 Å². The zero-order chi connectivity index (χ0) is 15.2. The third kappa shape index (κ3) is 4.68. The van der Waals surface area contributed by atoms with E-state index in [1.165, 1.54) is 0 Å². The number of likely N-dealkylation sites (tertiary alicyclic amines) is 1. The van der Waals surface area contributed by atoms with E-state index < -0.39 is 0 Å². The van der Waals surface area contributed by atoms with Gasteiger partial charge in [0, 0.05) is 17.8 Å². The van der Waals surface area contributed by atoms with Gasteiger partial charge in [-0.05, 0) is 56.9 Å². The van der Waals surface area contributed by atoms with Crippen LogP contribution in [0.25, 0.3) is 0 Å². The number of aromatic nitrogens is 1. The average molecular weight is 310 g/mol. The van der Waals surface area contributed by atoms with E-state index in [-0.39, 0.29) is 5.91 Å². The molecule has 21 heavy (non-hydrogen) atoms. The van der Waals surface area contributed by atoms with Gasteiger partial charge in [0.05, 0.1) is 0 Å². The number of pyridine rings is 1. The Labute approximate surface area is 131 Å². The first kappa shape index (κ1) is 16.2. The second-order valence-electron chi connectivity index (χ2n) is 5.61. The van der Waals surface area contributed by atoms with Crippen LogP contribution in [0.3, 0.4) is 0 Å². The third-order valence-electron chi connectivity index (χ3n) is 4.18. The molecule has 1 aliphatic rings. The number of halogens is 1. The smallest absolute Gasteiger partial charge is 0.251 e. The van der Waals surface area contributed by atoms with Gasteiger partial charge in [0.2, 0.25) is 0 Å². The van der Waals surface area contributed by atoms with Crippen molar-refractivity contribution in [2.45, 2.75) is 33.1 Å². The molecule has 1 fully saturated rings. The van der Waals surface area contributed by atoms with Crippen molar-refractivity contribution in [3.05, 3.63) is 28.5 Å². The molecule has 2 heterocycles. The molecule has 116 valence electrons. The second-order valence-corrected chi connectivity index (χ2v) is 6.00. The summed E-state index contributed by atoms with van der Waals surface area (Å²) in [5.41, 5.74) is 1.46. The lowest BCUT2D eigenvalue weighted by Crippen LogP contribution is -2.38. The van der Waals surface area contributed by atoms with Gasteiger partial charge >= 0.3 is 0 Å². The summed E-state index contributed by atoms with van der Waals surface area (Å²) < 4.78 is 0. The number of rotatable bonds is 5. The molecule has 4 nitrogen and oxygen atoms in total. The minimum absolute atomic E-state index is 0.0491. The summed E-state index contributed by atoms with van der Waals surface area (Å²) in [4.78, 5) is 18.9. The Morgan fingerprint density at radius 3 is 2.71 bits per heavy atom. The van der Waals surface area contributed by atoms with Crippen molar-refractivity contribution < 1.29 is 4.79 Å². The monoisotopic (exact) mass is 309 g/mol. The molecule has 5 heteroatoms. The van der Waals surface area contributed by atoms with Gasteiger partial charge in [-0.25, -0.2) is 4.98 Å². The molecule has 1 aromatic heterocycles. The molecule has 0 aliphatic carbocycles. The van der Waals surface area contributed by atoms with E-state index in [1.807, 2.05) is 13.0 Å². The Morgan fingerprint density at radius 2 is 2.10 bits per heavy atom. The zero-order valence-electron chi connectivity index (χ0n) is 12.9. The number of carbonyl (C=O) groups is 1. The van der Waals surface area contributed by atoms with E-state index in [0.717, 1.165) is 51.1 Å². The fraction of sp³-hybridized carbons (Fsp3) is 0.625. The van der Waals surface area contributed by atoms with Crippen molar-refractivity contribution >= 4 is 17.5 Å². The molecule has 0 radical (unpaired) electrons. The first-order valence-corrected chi connectivity index (χ1v) is 8.17. The highest BCUT2D eigenvalue weighted by atomic mass is 35.5. The van der Waals surface area contributed by atoms with Crippen LogP contribution in [0.1, 0.15) is 42.7 Å². The second kappa shape index (κ2) is 7.76. The molecule has 1 saturated heterocycles. The lowest BCUT2D eigenvalue weighted by molar-refractivity contribution is 0.0936. The topological polar surface area (TPSA) is 45.2 Å². The molecule has 1 N–H and O–H groups in total. The first-order valence-electron chi connectivity index (χ1n) is 7.79. The van der Waals surface area contributed by atoms with Gasteiger partial charge in [0.15, 0.2) is 0 Å². The van der Waals surface area contributed by atoms with Crippen LogP contribution in [0.2, 0.25) is 5.15 Å². The lowest BCUT2D eigenvalue weighted by Gasteiger charge is -2.31. The normalized spacial score (nSPS) is 16.9. The molecule has 0 bridgehead atoms. The number of nitrogens with one attached hydrogen (secondary N) is 1. The third-order valence-corrected chi connectivity index (χ3v) is 4.37. The number of aryl methyl sites for hydroxylation is 1. The summed E-state index contributed by atoms with van der Waals surface area (Å²) in [5.74, 6) is 0.534. The SMILES string of the molecule is CCc1cc(C(=O)NCC2CCN(CC)CC2)cc(Cl)n1. The van der Waals surface area contributed by atoms with Gasteiger partial charge in [-0.2, -0.15) is 0 Å². The van der Waals surface area contributed by atoms with E-state index in [2.05, 4.69) is 22.1 Å². The van der Waals surface area contributed by atoms with Crippen molar-refractivity contribution in [3.8, 4) is 0 Å². The molecule has 0 spiro atoms. The summed E-state index contributed by atoms with van der Waals surface area (Å²) in [7, 11) is 0. The molecule has 0 atom stereocenters. The fourth-order valence-electron chi connectivity index (χ4n) is 2.71. The van der Waals surface area contributed by atoms with Crippen LogP contribution in [0, 0.1) is 5.92 Å². The van der Waals surface area contributed by atoms with Crippen molar-refractivity contribution in [1.82, 2.24) is 15.2 Å². The molecular formula is C16H24ClN3O. The Balaban J connectivity index is 1.86. The minimum atomic E-state index is -0.0491. The zero-order valence-corrected chi connectivity index (χ0v) is 13.6.